The number of nitrogens with zero attached hydrogens (tertiary/aromatic N) is 2. The fraction of sp³-hybridized carbons (Fsp3) is 0. The molecule has 1 aromatic carbocycles. The summed E-state index contributed by atoms with van der Waals surface area (Å²) >= 11 is 0. The van der Waals surface area contributed by atoms with Crippen molar-refractivity contribution >= 4 is 10.8 Å². The smallest absolute Gasteiger partial charge is 0.266 e. The summed E-state index contributed by atoms with van der Waals surface area (Å²) in [6.07, 6.45) is 6.44. The van der Waals surface area contributed by atoms with Gasteiger partial charge < -0.3 is 4.98 Å². The number of pyridine rings is 1. The van der Waals surface area contributed by atoms with E-state index >= 15 is 0 Å². The molecule has 0 saturated carbocycles. The van der Waals surface area contributed by atoms with E-state index in [1.54, 1.807) is 18.6 Å². The number of benzene rings is 1. The molecule has 3 rings (SSSR count). The highest BCUT2D eigenvalue weighted by Gasteiger charge is 2.04. The Morgan fingerprint density at radius 2 is 1.94 bits per heavy atom. The van der Waals surface area contributed by atoms with Crippen molar-refractivity contribution in [3.63, 3.8) is 0 Å². The number of aromatic amines is 1. The first-order chi connectivity index (χ1) is 8.34. The zero-order chi connectivity index (χ0) is 11.7. The lowest BCUT2D eigenvalue weighted by Gasteiger charge is -2.05. The lowest BCUT2D eigenvalue weighted by atomic mass is 10.0. The van der Waals surface area contributed by atoms with Gasteiger partial charge in [-0.05, 0) is 11.5 Å². The zero-order valence-corrected chi connectivity index (χ0v) is 8.92. The fourth-order valence-electron chi connectivity index (χ4n) is 1.87. The highest BCUT2D eigenvalue weighted by Crippen LogP contribution is 2.25. The second-order valence-corrected chi connectivity index (χ2v) is 3.71. The Bertz CT molecular complexity index is 728. The van der Waals surface area contributed by atoms with Gasteiger partial charge in [0, 0.05) is 23.3 Å². The number of H-pyrrole nitrogens is 1. The molecule has 82 valence electrons. The lowest BCUT2D eigenvalue weighted by molar-refractivity contribution is 1.15. The Labute approximate surface area is 97.0 Å². The molecular weight excluding hydrogens is 214 g/mol. The molecule has 0 spiro atoms. The minimum atomic E-state index is -0.200. The van der Waals surface area contributed by atoms with E-state index in [1.807, 2.05) is 24.3 Å². The van der Waals surface area contributed by atoms with Gasteiger partial charge in [0.2, 0.25) is 0 Å². The van der Waals surface area contributed by atoms with Crippen LogP contribution in [-0.4, -0.2) is 15.0 Å². The number of aromatic nitrogens is 3. The summed E-state index contributed by atoms with van der Waals surface area (Å²) in [7, 11) is 0. The highest BCUT2D eigenvalue weighted by molar-refractivity contribution is 5.94. The summed E-state index contributed by atoms with van der Waals surface area (Å²) < 4.78 is 0. The monoisotopic (exact) mass is 223 g/mol. The van der Waals surface area contributed by atoms with Crippen LogP contribution in [0.25, 0.3) is 22.0 Å². The molecule has 0 atom stereocenters. The molecular formula is C13H9N3O. The second kappa shape index (κ2) is 3.83. The SMILES string of the molecule is O=c1cncc(-c2cccc3cnccc23)[nH]1. The van der Waals surface area contributed by atoms with Gasteiger partial charge in [-0.15, -0.1) is 0 Å². The van der Waals surface area contributed by atoms with Crippen LogP contribution in [0.5, 0.6) is 0 Å². The topological polar surface area (TPSA) is 58.6 Å². The summed E-state index contributed by atoms with van der Waals surface area (Å²) in [5, 5.41) is 2.08. The standard InChI is InChI=1S/C13H9N3O/c17-13-8-15-7-12(16-13)11-3-1-2-9-6-14-5-4-10(9)11/h1-8H,(H,16,17). The molecule has 2 aromatic heterocycles. The zero-order valence-electron chi connectivity index (χ0n) is 8.92. The van der Waals surface area contributed by atoms with Gasteiger partial charge >= 0.3 is 0 Å². The first-order valence-electron chi connectivity index (χ1n) is 5.22. The van der Waals surface area contributed by atoms with Crippen molar-refractivity contribution in [3.8, 4) is 11.3 Å². The largest absolute Gasteiger partial charge is 0.319 e. The number of fused-ring (bicyclic) bond motifs is 1. The summed E-state index contributed by atoms with van der Waals surface area (Å²) in [5.74, 6) is 0. The molecule has 0 bridgehead atoms. The first kappa shape index (κ1) is 9.72. The molecule has 4 nitrogen and oxygen atoms in total. The molecule has 0 aliphatic carbocycles. The molecule has 1 N–H and O–H groups in total. The second-order valence-electron chi connectivity index (χ2n) is 3.71. The minimum absolute atomic E-state index is 0.200. The molecule has 0 amide bonds. The van der Waals surface area contributed by atoms with Gasteiger partial charge in [0.15, 0.2) is 0 Å². The molecule has 2 heterocycles. The van der Waals surface area contributed by atoms with Gasteiger partial charge in [-0.25, -0.2) is 0 Å². The summed E-state index contributed by atoms with van der Waals surface area (Å²) in [6.45, 7) is 0. The maximum atomic E-state index is 11.3. The van der Waals surface area contributed by atoms with E-state index in [-0.39, 0.29) is 5.56 Å². The normalized spacial score (nSPS) is 10.6. The highest BCUT2D eigenvalue weighted by atomic mass is 16.1. The van der Waals surface area contributed by atoms with Crippen molar-refractivity contribution in [2.24, 2.45) is 0 Å². The molecule has 0 unspecified atom stereocenters. The maximum Gasteiger partial charge on any atom is 0.266 e. The molecule has 0 fully saturated rings. The van der Waals surface area contributed by atoms with Gasteiger partial charge in [-0.2, -0.15) is 0 Å². The molecule has 0 aliphatic rings. The van der Waals surface area contributed by atoms with Gasteiger partial charge in [0.25, 0.3) is 5.56 Å². The van der Waals surface area contributed by atoms with Crippen LogP contribution in [0.3, 0.4) is 0 Å². The van der Waals surface area contributed by atoms with E-state index < -0.39 is 0 Å². The van der Waals surface area contributed by atoms with Crippen LogP contribution in [0.4, 0.5) is 0 Å². The third-order valence-corrected chi connectivity index (χ3v) is 2.62. The van der Waals surface area contributed by atoms with Crippen molar-refractivity contribution in [1.82, 2.24) is 15.0 Å². The predicted molar refractivity (Wildman–Crippen MR) is 65.6 cm³/mol. The Morgan fingerprint density at radius 3 is 2.82 bits per heavy atom. The Morgan fingerprint density at radius 1 is 1.00 bits per heavy atom. The van der Waals surface area contributed by atoms with E-state index in [0.717, 1.165) is 16.3 Å². The van der Waals surface area contributed by atoms with Crippen LogP contribution >= 0.6 is 0 Å². The van der Waals surface area contributed by atoms with Crippen molar-refractivity contribution in [2.45, 2.75) is 0 Å². The van der Waals surface area contributed by atoms with E-state index in [0.29, 0.717) is 5.69 Å². The Balaban J connectivity index is 2.34. The Kier molecular flexibility index (Phi) is 2.19. The molecule has 0 saturated heterocycles. The van der Waals surface area contributed by atoms with Crippen LogP contribution in [0.15, 0.2) is 53.8 Å². The van der Waals surface area contributed by atoms with Gasteiger partial charge in [0.05, 0.1) is 18.1 Å². The Hall–Kier alpha value is -2.49. The molecule has 0 aliphatic heterocycles. The van der Waals surface area contributed by atoms with E-state index in [9.17, 15) is 4.79 Å². The third kappa shape index (κ3) is 1.69. The van der Waals surface area contributed by atoms with Crippen LogP contribution in [0.2, 0.25) is 0 Å². The number of rotatable bonds is 1. The van der Waals surface area contributed by atoms with Gasteiger partial charge in [0.1, 0.15) is 0 Å². The summed E-state index contributed by atoms with van der Waals surface area (Å²) in [6, 6.07) is 7.80. The first-order valence-corrected chi connectivity index (χ1v) is 5.22. The van der Waals surface area contributed by atoms with Crippen LogP contribution in [-0.2, 0) is 0 Å². The lowest BCUT2D eigenvalue weighted by Crippen LogP contribution is -2.05. The van der Waals surface area contributed by atoms with Crippen molar-refractivity contribution in [2.75, 3.05) is 0 Å². The third-order valence-electron chi connectivity index (χ3n) is 2.62. The summed E-state index contributed by atoms with van der Waals surface area (Å²) in [4.78, 5) is 22.0. The fourth-order valence-corrected chi connectivity index (χ4v) is 1.87. The number of hydrogen-bond acceptors (Lipinski definition) is 3. The number of hydrogen-bond donors (Lipinski definition) is 1. The summed E-state index contributed by atoms with van der Waals surface area (Å²) in [5.41, 5.74) is 1.47. The maximum absolute atomic E-state index is 11.3. The van der Waals surface area contributed by atoms with Gasteiger partial charge in [-0.1, -0.05) is 18.2 Å². The average Bonchev–Trinajstić information content (AvgIpc) is 2.38. The van der Waals surface area contributed by atoms with Gasteiger partial charge in [-0.3, -0.25) is 14.8 Å². The quantitative estimate of drug-likeness (QED) is 0.686. The number of nitrogens with one attached hydrogen (secondary N) is 1. The van der Waals surface area contributed by atoms with Crippen LogP contribution in [0.1, 0.15) is 0 Å². The molecule has 3 aromatic rings. The van der Waals surface area contributed by atoms with Crippen molar-refractivity contribution in [1.29, 1.82) is 0 Å². The predicted octanol–water partition coefficient (Wildman–Crippen LogP) is 1.99. The van der Waals surface area contributed by atoms with E-state index in [4.69, 9.17) is 0 Å². The minimum Gasteiger partial charge on any atom is -0.319 e. The van der Waals surface area contributed by atoms with E-state index in [2.05, 4.69) is 15.0 Å². The molecule has 0 radical (unpaired) electrons. The van der Waals surface area contributed by atoms with Crippen molar-refractivity contribution in [3.05, 3.63) is 59.4 Å². The average molecular weight is 223 g/mol. The van der Waals surface area contributed by atoms with E-state index in [1.165, 1.54) is 6.20 Å². The molecule has 4 heteroatoms. The molecule has 17 heavy (non-hydrogen) atoms. The van der Waals surface area contributed by atoms with Crippen LogP contribution in [0, 0.1) is 0 Å². The van der Waals surface area contributed by atoms with Crippen molar-refractivity contribution < 1.29 is 0 Å². The van der Waals surface area contributed by atoms with Crippen LogP contribution < -0.4 is 5.56 Å².